The van der Waals surface area contributed by atoms with E-state index in [1.54, 1.807) is 0 Å². The third-order valence-corrected chi connectivity index (χ3v) is 4.14. The molecule has 0 aliphatic carbocycles. The van der Waals surface area contributed by atoms with Crippen molar-refractivity contribution in [2.24, 2.45) is 5.92 Å². The SMILES string of the molecule is O=C(NCC1CCN(CC(F)(F)F)CC1)c1ccc(C(F)(F)F)cc1. The summed E-state index contributed by atoms with van der Waals surface area (Å²) in [6.07, 6.45) is -7.62. The molecule has 9 heteroatoms. The van der Waals surface area contributed by atoms with E-state index in [1.807, 2.05) is 0 Å². The first-order valence-corrected chi connectivity index (χ1v) is 7.79. The number of rotatable bonds is 4. The summed E-state index contributed by atoms with van der Waals surface area (Å²) in [4.78, 5) is 13.3. The standard InChI is InChI=1S/C16H18F6N2O/c17-15(18,19)10-24-7-5-11(6-8-24)9-23-14(25)12-1-3-13(4-2-12)16(20,21)22/h1-4,11H,5-10H2,(H,23,25). The first-order valence-electron chi connectivity index (χ1n) is 7.79. The average Bonchev–Trinajstić information content (AvgIpc) is 2.52. The van der Waals surface area contributed by atoms with E-state index in [9.17, 15) is 31.1 Å². The topological polar surface area (TPSA) is 32.3 Å². The molecule has 0 unspecified atom stereocenters. The molecule has 0 radical (unpaired) electrons. The largest absolute Gasteiger partial charge is 0.416 e. The van der Waals surface area contributed by atoms with Crippen LogP contribution in [-0.4, -0.2) is 43.2 Å². The molecular weight excluding hydrogens is 350 g/mol. The number of carbonyl (C=O) groups is 1. The number of hydrogen-bond donors (Lipinski definition) is 1. The summed E-state index contributed by atoms with van der Waals surface area (Å²) >= 11 is 0. The van der Waals surface area contributed by atoms with Gasteiger partial charge < -0.3 is 5.32 Å². The van der Waals surface area contributed by atoms with Gasteiger partial charge >= 0.3 is 12.4 Å². The molecule has 3 nitrogen and oxygen atoms in total. The van der Waals surface area contributed by atoms with Crippen molar-refractivity contribution in [3.63, 3.8) is 0 Å². The number of halogens is 6. The Balaban J connectivity index is 1.77. The van der Waals surface area contributed by atoms with Crippen LogP contribution in [0.15, 0.2) is 24.3 Å². The lowest BCUT2D eigenvalue weighted by molar-refractivity contribution is -0.148. The van der Waals surface area contributed by atoms with Crippen LogP contribution in [0, 0.1) is 5.92 Å². The highest BCUT2D eigenvalue weighted by Crippen LogP contribution is 2.29. The van der Waals surface area contributed by atoms with E-state index in [2.05, 4.69) is 5.32 Å². The van der Waals surface area contributed by atoms with Gasteiger partial charge in [0.05, 0.1) is 12.1 Å². The molecule has 1 aliphatic heterocycles. The van der Waals surface area contributed by atoms with Gasteiger partial charge in [-0.05, 0) is 56.1 Å². The Morgan fingerprint density at radius 1 is 1.04 bits per heavy atom. The molecule has 0 aromatic heterocycles. The molecule has 1 aromatic rings. The quantitative estimate of drug-likeness (QED) is 0.822. The second-order valence-electron chi connectivity index (χ2n) is 6.12. The maximum Gasteiger partial charge on any atom is 0.416 e. The molecule has 1 heterocycles. The van der Waals surface area contributed by atoms with E-state index in [-0.39, 0.29) is 11.5 Å². The van der Waals surface area contributed by atoms with Crippen LogP contribution in [0.25, 0.3) is 0 Å². The summed E-state index contributed by atoms with van der Waals surface area (Å²) in [5, 5.41) is 2.63. The van der Waals surface area contributed by atoms with Crippen LogP contribution < -0.4 is 5.32 Å². The molecule has 0 bridgehead atoms. The molecule has 1 fully saturated rings. The van der Waals surface area contributed by atoms with Gasteiger partial charge in [0.15, 0.2) is 0 Å². The van der Waals surface area contributed by atoms with Gasteiger partial charge in [0, 0.05) is 12.1 Å². The smallest absolute Gasteiger partial charge is 0.352 e. The van der Waals surface area contributed by atoms with Crippen molar-refractivity contribution < 1.29 is 31.1 Å². The van der Waals surface area contributed by atoms with Crippen LogP contribution in [0.3, 0.4) is 0 Å². The summed E-state index contributed by atoms with van der Waals surface area (Å²) in [7, 11) is 0. The highest BCUT2D eigenvalue weighted by Gasteiger charge is 2.32. The Labute approximate surface area is 141 Å². The van der Waals surface area contributed by atoms with E-state index >= 15 is 0 Å². The lowest BCUT2D eigenvalue weighted by atomic mass is 9.96. The van der Waals surface area contributed by atoms with Gasteiger partial charge in [-0.15, -0.1) is 0 Å². The second kappa shape index (κ2) is 7.63. The normalized spacial score (nSPS) is 17.5. The predicted molar refractivity (Wildman–Crippen MR) is 79.0 cm³/mol. The Morgan fingerprint density at radius 2 is 1.60 bits per heavy atom. The van der Waals surface area contributed by atoms with Crippen LogP contribution in [-0.2, 0) is 6.18 Å². The number of amides is 1. The summed E-state index contributed by atoms with van der Waals surface area (Å²) < 4.78 is 74.3. The van der Waals surface area contributed by atoms with E-state index in [1.165, 1.54) is 4.90 Å². The molecule has 1 N–H and O–H groups in total. The fourth-order valence-corrected chi connectivity index (χ4v) is 2.75. The van der Waals surface area contributed by atoms with Crippen molar-refractivity contribution in [3.8, 4) is 0 Å². The van der Waals surface area contributed by atoms with Crippen LogP contribution in [0.2, 0.25) is 0 Å². The number of alkyl halides is 6. The molecule has 2 rings (SSSR count). The maximum atomic E-state index is 12.5. The Bertz CT molecular complexity index is 574. The third-order valence-electron chi connectivity index (χ3n) is 4.14. The van der Waals surface area contributed by atoms with E-state index < -0.39 is 30.4 Å². The third kappa shape index (κ3) is 6.22. The van der Waals surface area contributed by atoms with Crippen LogP contribution in [0.4, 0.5) is 26.3 Å². The number of benzene rings is 1. The van der Waals surface area contributed by atoms with Crippen molar-refractivity contribution >= 4 is 5.91 Å². The lowest BCUT2D eigenvalue weighted by Crippen LogP contribution is -2.42. The summed E-state index contributed by atoms with van der Waals surface area (Å²) in [6, 6.07) is 3.88. The molecule has 1 saturated heterocycles. The molecule has 0 atom stereocenters. The zero-order valence-electron chi connectivity index (χ0n) is 13.3. The zero-order chi connectivity index (χ0) is 18.7. The van der Waals surface area contributed by atoms with Crippen LogP contribution in [0.1, 0.15) is 28.8 Å². The van der Waals surface area contributed by atoms with Gasteiger partial charge in [0.2, 0.25) is 0 Å². The van der Waals surface area contributed by atoms with E-state index in [0.717, 1.165) is 24.3 Å². The number of nitrogens with zero attached hydrogens (tertiary/aromatic N) is 1. The van der Waals surface area contributed by atoms with E-state index in [4.69, 9.17) is 0 Å². The highest BCUT2D eigenvalue weighted by atomic mass is 19.4. The van der Waals surface area contributed by atoms with Gasteiger partial charge in [0.25, 0.3) is 5.91 Å². The van der Waals surface area contributed by atoms with Crippen LogP contribution in [0.5, 0.6) is 0 Å². The van der Waals surface area contributed by atoms with E-state index in [0.29, 0.717) is 32.5 Å². The maximum absolute atomic E-state index is 12.5. The Kier molecular flexibility index (Phi) is 5.97. The lowest BCUT2D eigenvalue weighted by Gasteiger charge is -2.32. The fraction of sp³-hybridized carbons (Fsp3) is 0.562. The summed E-state index contributed by atoms with van der Waals surface area (Å²) in [5.41, 5.74) is -0.719. The highest BCUT2D eigenvalue weighted by molar-refractivity contribution is 5.94. The molecule has 0 saturated carbocycles. The van der Waals surface area contributed by atoms with Crippen molar-refractivity contribution in [2.45, 2.75) is 25.2 Å². The number of carbonyl (C=O) groups excluding carboxylic acids is 1. The van der Waals surface area contributed by atoms with Crippen molar-refractivity contribution in [1.82, 2.24) is 10.2 Å². The van der Waals surface area contributed by atoms with Crippen LogP contribution >= 0.6 is 0 Å². The minimum atomic E-state index is -4.46. The minimum Gasteiger partial charge on any atom is -0.352 e. The second-order valence-corrected chi connectivity index (χ2v) is 6.12. The summed E-state index contributed by atoms with van der Waals surface area (Å²) in [6.45, 7) is -0.0298. The molecule has 1 aromatic carbocycles. The van der Waals surface area contributed by atoms with Gasteiger partial charge in [-0.1, -0.05) is 0 Å². The molecule has 1 amide bonds. The van der Waals surface area contributed by atoms with Gasteiger partial charge in [-0.3, -0.25) is 9.69 Å². The summed E-state index contributed by atoms with van der Waals surface area (Å²) in [5.74, 6) is -0.436. The molecule has 0 spiro atoms. The monoisotopic (exact) mass is 368 g/mol. The average molecular weight is 368 g/mol. The zero-order valence-corrected chi connectivity index (χ0v) is 13.3. The molecule has 1 aliphatic rings. The van der Waals surface area contributed by atoms with Gasteiger partial charge in [-0.2, -0.15) is 26.3 Å². The van der Waals surface area contributed by atoms with Gasteiger partial charge in [-0.25, -0.2) is 0 Å². The van der Waals surface area contributed by atoms with Gasteiger partial charge in [0.1, 0.15) is 0 Å². The van der Waals surface area contributed by atoms with Crippen molar-refractivity contribution in [3.05, 3.63) is 35.4 Å². The predicted octanol–water partition coefficient (Wildman–Crippen LogP) is 3.71. The number of nitrogens with one attached hydrogen (secondary N) is 1. The number of piperidine rings is 1. The minimum absolute atomic E-state index is 0.0582. The number of hydrogen-bond acceptors (Lipinski definition) is 2. The molecule has 25 heavy (non-hydrogen) atoms. The van der Waals surface area contributed by atoms with Crippen molar-refractivity contribution in [2.75, 3.05) is 26.2 Å². The molecular formula is C16H18F6N2O. The Hall–Kier alpha value is -1.77. The van der Waals surface area contributed by atoms with Crippen molar-refractivity contribution in [1.29, 1.82) is 0 Å². The number of likely N-dealkylation sites (tertiary alicyclic amines) is 1. The first-order chi connectivity index (χ1) is 11.5. The fourth-order valence-electron chi connectivity index (χ4n) is 2.75. The first kappa shape index (κ1) is 19.6. The Morgan fingerprint density at radius 3 is 2.08 bits per heavy atom. The molecule has 140 valence electrons.